The number of hydrogen-bond acceptors (Lipinski definition) is 7. The maximum Gasteiger partial charge on any atom is 0.411 e. The zero-order valence-electron chi connectivity index (χ0n) is 21.2. The highest BCUT2D eigenvalue weighted by molar-refractivity contribution is 6.31. The Morgan fingerprint density at radius 3 is 2.73 bits per heavy atom. The highest BCUT2D eigenvalue weighted by atomic mass is 35.5. The molecule has 3 heterocycles. The SMILES string of the molecule is CN(C(=O)O)c1ccc(-c2c[nH]c(C3(O)CCCc4cc(-c5cc(Cl)ccc5-n5cnnn5)c[n+]([O-])c43)n2)cc1. The number of carboxylic acid groups (broad SMARTS) is 1. The molecule has 40 heavy (non-hydrogen) atoms. The number of hydrogen-bond donors (Lipinski definition) is 3. The number of imidazole rings is 1. The summed E-state index contributed by atoms with van der Waals surface area (Å²) in [6, 6.07) is 14.0. The third-order valence-electron chi connectivity index (χ3n) is 7.16. The number of carbonyl (C=O) groups is 1. The number of aromatic nitrogens is 7. The van der Waals surface area contributed by atoms with Crippen molar-refractivity contribution in [1.29, 1.82) is 0 Å². The van der Waals surface area contributed by atoms with Gasteiger partial charge in [0.1, 0.15) is 12.2 Å². The van der Waals surface area contributed by atoms with Crippen LogP contribution in [0.25, 0.3) is 28.1 Å². The smallest absolute Gasteiger partial charge is 0.411 e. The van der Waals surface area contributed by atoms with Crippen LogP contribution in [0.1, 0.15) is 29.9 Å². The van der Waals surface area contributed by atoms with E-state index in [2.05, 4.69) is 25.5 Å². The van der Waals surface area contributed by atoms with Gasteiger partial charge in [0.25, 0.3) is 0 Å². The van der Waals surface area contributed by atoms with Crippen molar-refractivity contribution in [3.8, 4) is 28.1 Å². The average Bonchev–Trinajstić information content (AvgIpc) is 3.66. The average molecular weight is 559 g/mol. The van der Waals surface area contributed by atoms with Crippen LogP contribution in [-0.2, 0) is 12.0 Å². The first-order valence-electron chi connectivity index (χ1n) is 12.4. The maximum atomic E-state index is 13.5. The van der Waals surface area contributed by atoms with Crippen LogP contribution in [0.3, 0.4) is 0 Å². The number of aliphatic hydroxyl groups is 1. The molecule has 202 valence electrons. The molecule has 0 fully saturated rings. The number of H-pyrrole nitrogens is 1. The second-order valence-corrected chi connectivity index (χ2v) is 10.0. The minimum Gasteiger partial charge on any atom is -0.618 e. The fourth-order valence-corrected chi connectivity index (χ4v) is 5.33. The van der Waals surface area contributed by atoms with Gasteiger partial charge in [-0.1, -0.05) is 23.7 Å². The summed E-state index contributed by atoms with van der Waals surface area (Å²) in [4.78, 5) is 20.0. The van der Waals surface area contributed by atoms with Gasteiger partial charge >= 0.3 is 6.09 Å². The summed E-state index contributed by atoms with van der Waals surface area (Å²) in [6.07, 6.45) is 5.01. The van der Waals surface area contributed by atoms with E-state index < -0.39 is 11.7 Å². The topological polar surface area (TPSA) is 160 Å². The molecule has 12 nitrogen and oxygen atoms in total. The lowest BCUT2D eigenvalue weighted by Gasteiger charge is -2.30. The van der Waals surface area contributed by atoms with Crippen molar-refractivity contribution < 1.29 is 19.7 Å². The molecule has 3 N–H and O–H groups in total. The number of tetrazole rings is 1. The molecule has 0 aliphatic heterocycles. The predicted molar refractivity (Wildman–Crippen MR) is 145 cm³/mol. The fourth-order valence-electron chi connectivity index (χ4n) is 5.15. The number of amides is 1. The third kappa shape index (κ3) is 4.32. The van der Waals surface area contributed by atoms with Gasteiger partial charge < -0.3 is 20.4 Å². The summed E-state index contributed by atoms with van der Waals surface area (Å²) >= 11 is 6.30. The Hall–Kier alpha value is -4.81. The molecular formula is C27H23ClN8O4. The summed E-state index contributed by atoms with van der Waals surface area (Å²) in [5.41, 5.74) is 2.99. The first-order chi connectivity index (χ1) is 19.2. The highest BCUT2D eigenvalue weighted by Gasteiger charge is 2.46. The maximum absolute atomic E-state index is 13.5. The van der Waals surface area contributed by atoms with E-state index in [1.807, 2.05) is 6.07 Å². The van der Waals surface area contributed by atoms with E-state index in [-0.39, 0.29) is 11.5 Å². The summed E-state index contributed by atoms with van der Waals surface area (Å²) in [5, 5.41) is 46.5. The Labute approximate surface area is 232 Å². The van der Waals surface area contributed by atoms with Crippen LogP contribution in [0.2, 0.25) is 5.02 Å². The molecule has 5 aromatic rings. The normalized spacial score (nSPS) is 16.5. The summed E-state index contributed by atoms with van der Waals surface area (Å²) in [5.74, 6) is 0.254. The van der Waals surface area contributed by atoms with E-state index in [9.17, 15) is 20.2 Å². The van der Waals surface area contributed by atoms with Gasteiger partial charge in [0.15, 0.2) is 6.20 Å². The van der Waals surface area contributed by atoms with Crippen LogP contribution in [0.5, 0.6) is 0 Å². The van der Waals surface area contributed by atoms with Crippen LogP contribution in [0.15, 0.2) is 67.3 Å². The molecule has 1 unspecified atom stereocenters. The molecular weight excluding hydrogens is 536 g/mol. The molecule has 1 aliphatic carbocycles. The van der Waals surface area contributed by atoms with E-state index in [1.165, 1.54) is 24.3 Å². The number of benzene rings is 2. The number of pyridine rings is 1. The Morgan fingerprint density at radius 2 is 2.00 bits per heavy atom. The van der Waals surface area contributed by atoms with Gasteiger partial charge in [0, 0.05) is 46.2 Å². The van der Waals surface area contributed by atoms with Gasteiger partial charge in [0.2, 0.25) is 11.3 Å². The van der Waals surface area contributed by atoms with Crippen LogP contribution >= 0.6 is 11.6 Å². The van der Waals surface area contributed by atoms with Crippen LogP contribution < -0.4 is 9.63 Å². The van der Waals surface area contributed by atoms with Crippen molar-refractivity contribution in [2.24, 2.45) is 0 Å². The van der Waals surface area contributed by atoms with Gasteiger partial charge in [-0.15, -0.1) is 5.10 Å². The predicted octanol–water partition coefficient (Wildman–Crippen LogP) is 3.69. The van der Waals surface area contributed by atoms with Gasteiger partial charge in [-0.2, -0.15) is 9.41 Å². The second-order valence-electron chi connectivity index (χ2n) is 9.58. The van der Waals surface area contributed by atoms with Crippen molar-refractivity contribution in [2.45, 2.75) is 24.9 Å². The third-order valence-corrected chi connectivity index (χ3v) is 7.39. The highest BCUT2D eigenvalue weighted by Crippen LogP contribution is 2.40. The zero-order valence-corrected chi connectivity index (χ0v) is 21.9. The number of rotatable bonds is 5. The molecule has 1 atom stereocenters. The van der Waals surface area contributed by atoms with Gasteiger partial charge in [0.05, 0.1) is 11.4 Å². The van der Waals surface area contributed by atoms with Gasteiger partial charge in [-0.05, 0) is 66.1 Å². The van der Waals surface area contributed by atoms with E-state index in [0.717, 1.165) is 10.5 Å². The molecule has 1 amide bonds. The minimum atomic E-state index is -1.64. The fraction of sp³-hybridized carbons (Fsp3) is 0.185. The van der Waals surface area contributed by atoms with Gasteiger partial charge in [-0.25, -0.2) is 9.78 Å². The quantitative estimate of drug-likeness (QED) is 0.217. The first kappa shape index (κ1) is 25.5. The van der Waals surface area contributed by atoms with Crippen molar-refractivity contribution in [2.75, 3.05) is 11.9 Å². The zero-order chi connectivity index (χ0) is 28.0. The Kier molecular flexibility index (Phi) is 6.20. The molecule has 3 aromatic heterocycles. The molecule has 1 aliphatic rings. The minimum absolute atomic E-state index is 0.216. The van der Waals surface area contributed by atoms with Crippen molar-refractivity contribution in [3.63, 3.8) is 0 Å². The monoisotopic (exact) mass is 558 g/mol. The van der Waals surface area contributed by atoms with Crippen LogP contribution in [-0.4, -0.2) is 53.5 Å². The lowest BCUT2D eigenvalue weighted by molar-refractivity contribution is -0.622. The number of anilines is 1. The van der Waals surface area contributed by atoms with E-state index >= 15 is 0 Å². The summed E-state index contributed by atoms with van der Waals surface area (Å²) < 4.78 is 2.19. The number of aromatic amines is 1. The lowest BCUT2D eigenvalue weighted by Crippen LogP contribution is -2.47. The van der Waals surface area contributed by atoms with E-state index in [0.29, 0.717) is 62.8 Å². The largest absolute Gasteiger partial charge is 0.618 e. The number of halogens is 1. The molecule has 13 heteroatoms. The van der Waals surface area contributed by atoms with Crippen molar-refractivity contribution >= 4 is 23.4 Å². The Balaban J connectivity index is 1.38. The molecule has 0 saturated carbocycles. The second kappa shape index (κ2) is 9.74. The number of fused-ring (bicyclic) bond motifs is 1. The number of nitrogens with one attached hydrogen (secondary N) is 1. The number of nitrogens with zero attached hydrogens (tertiary/aromatic N) is 7. The van der Waals surface area contributed by atoms with Crippen LogP contribution in [0.4, 0.5) is 10.5 Å². The van der Waals surface area contributed by atoms with Gasteiger partial charge in [-0.3, -0.25) is 4.90 Å². The summed E-state index contributed by atoms with van der Waals surface area (Å²) in [7, 11) is 1.46. The Bertz CT molecular complexity index is 1720. The standard InChI is InChI=1S/C27H23ClN8O4/c1-34(26(37)38)20-7-4-16(5-8-20)22-13-29-25(31-22)27(39)10-2-3-17-11-18(14-36(40)24(17)27)21-12-19(28)6-9-23(21)35-15-30-32-33-35/h4-9,11-15,39H,2-3,10H2,1H3,(H,29,31)(H,37,38). The van der Waals surface area contributed by atoms with Crippen LogP contribution in [0, 0.1) is 5.21 Å². The molecule has 0 spiro atoms. The number of aryl methyl sites for hydroxylation is 1. The first-order valence-corrected chi connectivity index (χ1v) is 12.8. The summed E-state index contributed by atoms with van der Waals surface area (Å²) in [6.45, 7) is 0. The molecule has 2 aromatic carbocycles. The molecule has 0 bridgehead atoms. The Morgan fingerprint density at radius 1 is 1.20 bits per heavy atom. The van der Waals surface area contributed by atoms with E-state index in [1.54, 1.807) is 48.7 Å². The van der Waals surface area contributed by atoms with Crippen molar-refractivity contribution in [3.05, 3.63) is 94.6 Å². The lowest BCUT2D eigenvalue weighted by atomic mass is 9.81. The molecule has 0 saturated heterocycles. The van der Waals surface area contributed by atoms with Crippen molar-refractivity contribution in [1.82, 2.24) is 30.2 Å². The molecule has 0 radical (unpaired) electrons. The van der Waals surface area contributed by atoms with E-state index in [4.69, 9.17) is 11.6 Å². The molecule has 6 rings (SSSR count).